The number of halogens is 1. The number of nitrogens with zero attached hydrogens (tertiary/aromatic N) is 2. The van der Waals surface area contributed by atoms with Crippen molar-refractivity contribution in [3.05, 3.63) is 40.8 Å². The highest BCUT2D eigenvalue weighted by Crippen LogP contribution is 2.23. The van der Waals surface area contributed by atoms with Crippen molar-refractivity contribution in [2.45, 2.75) is 25.4 Å². The molecule has 20 heavy (non-hydrogen) atoms. The monoisotopic (exact) mass is 335 g/mol. The molecular weight excluding hydrogens is 318 g/mol. The van der Waals surface area contributed by atoms with E-state index in [1.54, 1.807) is 0 Å². The molecule has 0 unspecified atom stereocenters. The number of aliphatic hydroxyl groups excluding tert-OH is 1. The molecule has 1 fully saturated rings. The predicted octanol–water partition coefficient (Wildman–Crippen LogP) is 2.80. The van der Waals surface area contributed by atoms with Gasteiger partial charge >= 0.3 is 0 Å². The molecule has 1 atom stereocenters. The Morgan fingerprint density at radius 2 is 2.35 bits per heavy atom. The van der Waals surface area contributed by atoms with Crippen LogP contribution in [-0.2, 0) is 6.54 Å². The number of benzene rings is 1. The summed E-state index contributed by atoms with van der Waals surface area (Å²) in [6.07, 6.45) is 4.11. The van der Waals surface area contributed by atoms with E-state index >= 15 is 0 Å². The number of nitrogens with one attached hydrogen (secondary N) is 1. The van der Waals surface area contributed by atoms with Crippen molar-refractivity contribution in [2.75, 3.05) is 13.2 Å². The molecular formula is C15H18BrN3O. The van der Waals surface area contributed by atoms with E-state index in [1.807, 2.05) is 18.3 Å². The number of likely N-dealkylation sites (tertiary alicyclic amines) is 1. The second kappa shape index (κ2) is 6.08. The zero-order valence-corrected chi connectivity index (χ0v) is 12.8. The van der Waals surface area contributed by atoms with Crippen LogP contribution in [0.1, 0.15) is 18.7 Å². The van der Waals surface area contributed by atoms with Gasteiger partial charge in [-0.3, -0.25) is 4.90 Å². The lowest BCUT2D eigenvalue weighted by Crippen LogP contribution is -2.31. The van der Waals surface area contributed by atoms with Gasteiger partial charge in [0, 0.05) is 16.1 Å². The number of imidazole rings is 1. The second-order valence-electron chi connectivity index (χ2n) is 5.20. The van der Waals surface area contributed by atoms with Crippen LogP contribution in [0.25, 0.3) is 11.3 Å². The van der Waals surface area contributed by atoms with Crippen LogP contribution in [0.5, 0.6) is 0 Å². The van der Waals surface area contributed by atoms with E-state index in [0.29, 0.717) is 0 Å². The zero-order valence-electron chi connectivity index (χ0n) is 11.2. The van der Waals surface area contributed by atoms with Crippen LogP contribution < -0.4 is 0 Å². The number of hydrogen-bond donors (Lipinski definition) is 2. The van der Waals surface area contributed by atoms with E-state index in [9.17, 15) is 5.11 Å². The Morgan fingerprint density at radius 3 is 3.15 bits per heavy atom. The van der Waals surface area contributed by atoms with Gasteiger partial charge in [0.05, 0.1) is 25.0 Å². The van der Waals surface area contributed by atoms with Crippen LogP contribution in [0.2, 0.25) is 0 Å². The lowest BCUT2D eigenvalue weighted by molar-refractivity contribution is 0.151. The average molecular weight is 336 g/mol. The van der Waals surface area contributed by atoms with Crippen LogP contribution in [-0.4, -0.2) is 39.2 Å². The van der Waals surface area contributed by atoms with Crippen LogP contribution >= 0.6 is 15.9 Å². The Balaban J connectivity index is 1.74. The van der Waals surface area contributed by atoms with E-state index in [4.69, 9.17) is 0 Å². The fraction of sp³-hybridized carbons (Fsp3) is 0.400. The fourth-order valence-electron chi connectivity index (χ4n) is 2.75. The number of H-pyrrole nitrogens is 1. The summed E-state index contributed by atoms with van der Waals surface area (Å²) in [6.45, 7) is 2.05. The van der Waals surface area contributed by atoms with Crippen LogP contribution in [0.3, 0.4) is 0 Å². The minimum atomic E-state index is 0.235. The molecule has 2 heterocycles. The highest BCUT2D eigenvalue weighted by Gasteiger charge is 2.24. The maximum atomic E-state index is 9.35. The van der Waals surface area contributed by atoms with Crippen molar-refractivity contribution in [1.82, 2.24) is 14.9 Å². The van der Waals surface area contributed by atoms with Gasteiger partial charge in [-0.2, -0.15) is 0 Å². The number of aromatic amines is 1. The first-order valence-corrected chi connectivity index (χ1v) is 7.70. The van der Waals surface area contributed by atoms with Gasteiger partial charge in [-0.1, -0.05) is 28.1 Å². The molecule has 1 saturated heterocycles. The molecule has 5 heteroatoms. The third kappa shape index (κ3) is 2.95. The standard InChI is InChI=1S/C15H18BrN3O/c16-12-4-1-3-11(7-12)14-8-17-15(18-14)9-19-6-2-5-13(19)10-20/h1,3-4,7-8,13,20H,2,5-6,9-10H2,(H,17,18)/t13-/m0/s1. The molecule has 3 rings (SSSR count). The van der Waals surface area contributed by atoms with Crippen molar-refractivity contribution >= 4 is 15.9 Å². The molecule has 2 aromatic rings. The summed E-state index contributed by atoms with van der Waals surface area (Å²) in [6, 6.07) is 8.45. The first-order valence-electron chi connectivity index (χ1n) is 6.91. The van der Waals surface area contributed by atoms with Gasteiger partial charge in [0.1, 0.15) is 5.82 Å². The Labute approximate surface area is 127 Å². The van der Waals surface area contributed by atoms with Gasteiger partial charge in [0.2, 0.25) is 0 Å². The third-order valence-corrected chi connectivity index (χ3v) is 4.32. The normalized spacial score (nSPS) is 19.6. The van der Waals surface area contributed by atoms with Crippen molar-refractivity contribution in [2.24, 2.45) is 0 Å². The van der Waals surface area contributed by atoms with Gasteiger partial charge in [-0.05, 0) is 31.5 Å². The minimum absolute atomic E-state index is 0.235. The topological polar surface area (TPSA) is 52.1 Å². The summed E-state index contributed by atoms with van der Waals surface area (Å²) >= 11 is 3.48. The Bertz CT molecular complexity index is 584. The van der Waals surface area contributed by atoms with Crippen molar-refractivity contribution < 1.29 is 5.11 Å². The van der Waals surface area contributed by atoms with E-state index in [-0.39, 0.29) is 12.6 Å². The van der Waals surface area contributed by atoms with Gasteiger partial charge in [0.25, 0.3) is 0 Å². The third-order valence-electron chi connectivity index (χ3n) is 3.83. The molecule has 1 aromatic heterocycles. The highest BCUT2D eigenvalue weighted by atomic mass is 79.9. The SMILES string of the molecule is OC[C@@H]1CCCN1Cc1ncc(-c2cccc(Br)c2)[nH]1. The Hall–Kier alpha value is -1.17. The summed E-state index contributed by atoms with van der Waals surface area (Å²) in [5, 5.41) is 9.35. The molecule has 0 aliphatic carbocycles. The largest absolute Gasteiger partial charge is 0.395 e. The van der Waals surface area contributed by atoms with E-state index in [0.717, 1.165) is 47.5 Å². The van der Waals surface area contributed by atoms with Crippen molar-refractivity contribution in [3.8, 4) is 11.3 Å². The van der Waals surface area contributed by atoms with E-state index in [1.165, 1.54) is 0 Å². The number of hydrogen-bond acceptors (Lipinski definition) is 3. The molecule has 1 aromatic carbocycles. The minimum Gasteiger partial charge on any atom is -0.395 e. The molecule has 2 N–H and O–H groups in total. The average Bonchev–Trinajstić information content (AvgIpc) is 3.08. The molecule has 0 amide bonds. The molecule has 106 valence electrons. The molecule has 0 spiro atoms. The van der Waals surface area contributed by atoms with Crippen LogP contribution in [0.15, 0.2) is 34.9 Å². The molecule has 1 aliphatic heterocycles. The first-order chi connectivity index (χ1) is 9.76. The quantitative estimate of drug-likeness (QED) is 0.903. The number of aromatic nitrogens is 2. The number of aliphatic hydroxyl groups is 1. The lowest BCUT2D eigenvalue weighted by Gasteiger charge is -2.21. The fourth-order valence-corrected chi connectivity index (χ4v) is 3.15. The van der Waals surface area contributed by atoms with Gasteiger partial charge in [-0.25, -0.2) is 4.98 Å². The summed E-state index contributed by atoms with van der Waals surface area (Å²) in [7, 11) is 0. The van der Waals surface area contributed by atoms with E-state index in [2.05, 4.69) is 42.9 Å². The second-order valence-corrected chi connectivity index (χ2v) is 6.12. The highest BCUT2D eigenvalue weighted by molar-refractivity contribution is 9.10. The maximum absolute atomic E-state index is 9.35. The van der Waals surface area contributed by atoms with Crippen molar-refractivity contribution in [1.29, 1.82) is 0 Å². The van der Waals surface area contributed by atoms with E-state index < -0.39 is 0 Å². The number of rotatable bonds is 4. The molecule has 4 nitrogen and oxygen atoms in total. The van der Waals surface area contributed by atoms with Gasteiger partial charge in [-0.15, -0.1) is 0 Å². The Kier molecular flexibility index (Phi) is 4.19. The summed E-state index contributed by atoms with van der Waals surface area (Å²) in [5.41, 5.74) is 2.15. The van der Waals surface area contributed by atoms with Crippen molar-refractivity contribution in [3.63, 3.8) is 0 Å². The van der Waals surface area contributed by atoms with Gasteiger partial charge in [0.15, 0.2) is 0 Å². The molecule has 0 radical (unpaired) electrons. The summed E-state index contributed by atoms with van der Waals surface area (Å²) < 4.78 is 1.06. The van der Waals surface area contributed by atoms with Crippen LogP contribution in [0.4, 0.5) is 0 Å². The molecule has 0 bridgehead atoms. The van der Waals surface area contributed by atoms with Crippen LogP contribution in [0, 0.1) is 0 Å². The Morgan fingerprint density at radius 1 is 1.45 bits per heavy atom. The summed E-state index contributed by atoms with van der Waals surface area (Å²) in [4.78, 5) is 10.1. The first kappa shape index (κ1) is 13.8. The van der Waals surface area contributed by atoms with Gasteiger partial charge < -0.3 is 10.1 Å². The zero-order chi connectivity index (χ0) is 13.9. The predicted molar refractivity (Wildman–Crippen MR) is 82.2 cm³/mol. The lowest BCUT2D eigenvalue weighted by atomic mass is 10.2. The molecule has 0 saturated carbocycles. The smallest absolute Gasteiger partial charge is 0.120 e. The summed E-state index contributed by atoms with van der Waals surface area (Å²) in [5.74, 6) is 0.959. The maximum Gasteiger partial charge on any atom is 0.120 e. The molecule has 1 aliphatic rings.